The minimum absolute atomic E-state index is 0.0674. The Labute approximate surface area is 80.8 Å². The highest BCUT2D eigenvalue weighted by Crippen LogP contribution is 2.27. The summed E-state index contributed by atoms with van der Waals surface area (Å²) in [6.45, 7) is 0. The number of aldehydes is 2. The lowest BCUT2D eigenvalue weighted by molar-refractivity contribution is -0.108. The number of rotatable bonds is 4. The Hall–Kier alpha value is -1.84. The summed E-state index contributed by atoms with van der Waals surface area (Å²) in [7, 11) is 0. The van der Waals surface area contributed by atoms with Crippen LogP contribution >= 0.6 is 0 Å². The average Bonchev–Trinajstić information content (AvgIpc) is 2.14. The first kappa shape index (κ1) is 10.2. The highest BCUT2D eigenvalue weighted by molar-refractivity contribution is 5.62. The molecule has 0 saturated heterocycles. The van der Waals surface area contributed by atoms with E-state index in [-0.39, 0.29) is 24.3 Å². The van der Waals surface area contributed by atoms with Crippen LogP contribution in [0.4, 0.5) is 0 Å². The van der Waals surface area contributed by atoms with E-state index in [0.29, 0.717) is 23.7 Å². The molecule has 1 rings (SSSR count). The van der Waals surface area contributed by atoms with E-state index in [2.05, 4.69) is 0 Å². The van der Waals surface area contributed by atoms with E-state index in [1.807, 2.05) is 0 Å². The quantitative estimate of drug-likeness (QED) is 0.687. The fraction of sp³-hybridized carbons (Fsp3) is 0.200. The standard InChI is InChI=1S/C10H10O4/c11-3-1-7-5-8(2-4-12)10(14)6-9(7)13/h3-6,13-14H,1-2H2. The largest absolute Gasteiger partial charge is 0.508 e. The predicted molar refractivity (Wildman–Crippen MR) is 49.3 cm³/mol. The zero-order valence-corrected chi connectivity index (χ0v) is 7.43. The Bertz CT molecular complexity index is 326. The van der Waals surface area contributed by atoms with Crippen molar-refractivity contribution >= 4 is 12.6 Å². The van der Waals surface area contributed by atoms with Crippen LogP contribution in [-0.2, 0) is 22.4 Å². The van der Waals surface area contributed by atoms with Crippen molar-refractivity contribution in [3.63, 3.8) is 0 Å². The molecule has 0 atom stereocenters. The third kappa shape index (κ3) is 2.10. The molecule has 0 aliphatic carbocycles. The molecule has 14 heavy (non-hydrogen) atoms. The van der Waals surface area contributed by atoms with Crippen LogP contribution in [0.25, 0.3) is 0 Å². The van der Waals surface area contributed by atoms with Crippen LogP contribution in [0.2, 0.25) is 0 Å². The van der Waals surface area contributed by atoms with E-state index in [0.717, 1.165) is 6.07 Å². The van der Waals surface area contributed by atoms with Gasteiger partial charge in [-0.05, 0) is 6.07 Å². The Morgan fingerprint density at radius 2 is 1.36 bits per heavy atom. The third-order valence-corrected chi connectivity index (χ3v) is 1.89. The summed E-state index contributed by atoms with van der Waals surface area (Å²) in [4.78, 5) is 20.5. The number of benzene rings is 1. The molecule has 74 valence electrons. The molecular weight excluding hydrogens is 184 g/mol. The summed E-state index contributed by atoms with van der Waals surface area (Å²) in [5.74, 6) is -0.270. The molecule has 2 N–H and O–H groups in total. The second kappa shape index (κ2) is 4.41. The van der Waals surface area contributed by atoms with Gasteiger partial charge in [0.1, 0.15) is 24.1 Å². The maximum atomic E-state index is 10.2. The number of hydrogen-bond donors (Lipinski definition) is 2. The number of hydrogen-bond acceptors (Lipinski definition) is 4. The highest BCUT2D eigenvalue weighted by Gasteiger charge is 2.07. The van der Waals surface area contributed by atoms with Crippen molar-refractivity contribution in [3.8, 4) is 11.5 Å². The molecule has 0 amide bonds. The number of phenolic OH excluding ortho intramolecular Hbond substituents is 2. The van der Waals surface area contributed by atoms with Crippen LogP contribution in [0.1, 0.15) is 11.1 Å². The maximum absolute atomic E-state index is 10.2. The van der Waals surface area contributed by atoms with E-state index in [1.54, 1.807) is 0 Å². The topological polar surface area (TPSA) is 74.6 Å². The molecule has 0 fully saturated rings. The number of aromatic hydroxyl groups is 2. The number of carbonyl (C=O) groups is 2. The van der Waals surface area contributed by atoms with Gasteiger partial charge in [0.15, 0.2) is 0 Å². The Balaban J connectivity index is 3.11. The van der Waals surface area contributed by atoms with Gasteiger partial charge in [0.2, 0.25) is 0 Å². The monoisotopic (exact) mass is 194 g/mol. The summed E-state index contributed by atoms with van der Waals surface area (Å²) in [5, 5.41) is 18.6. The smallest absolute Gasteiger partial charge is 0.124 e. The molecule has 4 nitrogen and oxygen atoms in total. The minimum Gasteiger partial charge on any atom is -0.508 e. The van der Waals surface area contributed by atoms with Crippen molar-refractivity contribution in [2.75, 3.05) is 0 Å². The van der Waals surface area contributed by atoms with E-state index >= 15 is 0 Å². The van der Waals surface area contributed by atoms with E-state index in [9.17, 15) is 19.8 Å². The lowest BCUT2D eigenvalue weighted by Crippen LogP contribution is -1.92. The molecule has 0 heterocycles. The van der Waals surface area contributed by atoms with Crippen molar-refractivity contribution in [1.82, 2.24) is 0 Å². The zero-order valence-electron chi connectivity index (χ0n) is 7.43. The first-order chi connectivity index (χ1) is 6.69. The molecule has 0 aliphatic heterocycles. The molecule has 0 saturated carbocycles. The van der Waals surface area contributed by atoms with Gasteiger partial charge in [0.25, 0.3) is 0 Å². The van der Waals surface area contributed by atoms with Crippen LogP contribution in [0.5, 0.6) is 11.5 Å². The van der Waals surface area contributed by atoms with Gasteiger partial charge >= 0.3 is 0 Å². The van der Waals surface area contributed by atoms with Gasteiger partial charge in [0.05, 0.1) is 0 Å². The maximum Gasteiger partial charge on any atom is 0.124 e. The van der Waals surface area contributed by atoms with Gasteiger partial charge in [0, 0.05) is 30.0 Å². The number of carbonyl (C=O) groups excluding carboxylic acids is 2. The Kier molecular flexibility index (Phi) is 3.23. The summed E-state index contributed by atoms with van der Waals surface area (Å²) < 4.78 is 0. The van der Waals surface area contributed by atoms with E-state index in [1.165, 1.54) is 6.07 Å². The molecule has 0 aliphatic rings. The summed E-state index contributed by atoms with van der Waals surface area (Å²) in [5.41, 5.74) is 0.823. The SMILES string of the molecule is O=CCc1cc(CC=O)c(O)cc1O. The average molecular weight is 194 g/mol. The molecule has 0 unspecified atom stereocenters. The first-order valence-corrected chi connectivity index (χ1v) is 4.10. The molecule has 0 aromatic heterocycles. The van der Waals surface area contributed by atoms with E-state index < -0.39 is 0 Å². The van der Waals surface area contributed by atoms with Gasteiger partial charge in [-0.2, -0.15) is 0 Å². The molecular formula is C10H10O4. The summed E-state index contributed by atoms with van der Waals surface area (Å²) >= 11 is 0. The third-order valence-electron chi connectivity index (χ3n) is 1.89. The fourth-order valence-electron chi connectivity index (χ4n) is 1.18. The normalized spacial score (nSPS) is 9.71. The van der Waals surface area contributed by atoms with Crippen LogP contribution in [0, 0.1) is 0 Å². The first-order valence-electron chi connectivity index (χ1n) is 4.10. The van der Waals surface area contributed by atoms with Crippen molar-refractivity contribution in [2.24, 2.45) is 0 Å². The fourth-order valence-corrected chi connectivity index (χ4v) is 1.18. The summed E-state index contributed by atoms with van der Waals surface area (Å²) in [6, 6.07) is 2.59. The second-order valence-corrected chi connectivity index (χ2v) is 2.85. The zero-order chi connectivity index (χ0) is 10.6. The van der Waals surface area contributed by atoms with Gasteiger partial charge in [-0.1, -0.05) is 0 Å². The van der Waals surface area contributed by atoms with Crippen LogP contribution in [0.3, 0.4) is 0 Å². The van der Waals surface area contributed by atoms with Gasteiger partial charge < -0.3 is 19.8 Å². The van der Waals surface area contributed by atoms with E-state index in [4.69, 9.17) is 0 Å². The van der Waals surface area contributed by atoms with Crippen LogP contribution in [-0.4, -0.2) is 22.8 Å². The second-order valence-electron chi connectivity index (χ2n) is 2.85. The highest BCUT2D eigenvalue weighted by atomic mass is 16.3. The molecule has 1 aromatic rings. The Morgan fingerprint density at radius 3 is 1.71 bits per heavy atom. The van der Waals surface area contributed by atoms with Gasteiger partial charge in [-0.3, -0.25) is 0 Å². The van der Waals surface area contributed by atoms with Crippen molar-refractivity contribution in [3.05, 3.63) is 23.3 Å². The van der Waals surface area contributed by atoms with Crippen LogP contribution in [0.15, 0.2) is 12.1 Å². The van der Waals surface area contributed by atoms with Gasteiger partial charge in [-0.15, -0.1) is 0 Å². The molecule has 0 bridgehead atoms. The number of phenols is 2. The van der Waals surface area contributed by atoms with Crippen molar-refractivity contribution < 1.29 is 19.8 Å². The molecule has 0 radical (unpaired) electrons. The van der Waals surface area contributed by atoms with Crippen LogP contribution < -0.4 is 0 Å². The lowest BCUT2D eigenvalue weighted by atomic mass is 10.0. The molecule has 0 spiro atoms. The molecule has 4 heteroatoms. The lowest BCUT2D eigenvalue weighted by Gasteiger charge is -2.05. The summed E-state index contributed by atoms with van der Waals surface area (Å²) in [6.07, 6.45) is 1.43. The predicted octanol–water partition coefficient (Wildman–Crippen LogP) is 0.581. The molecule has 1 aromatic carbocycles. The van der Waals surface area contributed by atoms with Gasteiger partial charge in [-0.25, -0.2) is 0 Å². The van der Waals surface area contributed by atoms with Crippen molar-refractivity contribution in [2.45, 2.75) is 12.8 Å². The van der Waals surface area contributed by atoms with Crippen molar-refractivity contribution in [1.29, 1.82) is 0 Å². The Morgan fingerprint density at radius 1 is 0.929 bits per heavy atom. The minimum atomic E-state index is -0.135.